The second-order valence-corrected chi connectivity index (χ2v) is 9.15. The highest BCUT2D eigenvalue weighted by Crippen LogP contribution is 2.24. The highest BCUT2D eigenvalue weighted by atomic mass is 32.2. The minimum atomic E-state index is -0.144. The largest absolute Gasteiger partial charge is 0.352 e. The van der Waals surface area contributed by atoms with Crippen LogP contribution in [0.3, 0.4) is 0 Å². The molecule has 8 heteroatoms. The van der Waals surface area contributed by atoms with E-state index in [1.807, 2.05) is 39.1 Å². The molecular formula is C22H31N5O2S. The Bertz CT molecular complexity index is 911. The first-order chi connectivity index (χ1) is 14.3. The van der Waals surface area contributed by atoms with E-state index in [4.69, 9.17) is 0 Å². The number of carbonyl (C=O) groups excluding carboxylic acids is 2. The van der Waals surface area contributed by atoms with Crippen LogP contribution in [-0.4, -0.2) is 38.4 Å². The van der Waals surface area contributed by atoms with E-state index in [9.17, 15) is 9.59 Å². The number of aryl methyl sites for hydroxylation is 2. The van der Waals surface area contributed by atoms with Crippen LogP contribution in [0.1, 0.15) is 49.6 Å². The van der Waals surface area contributed by atoms with Crippen molar-refractivity contribution in [3.05, 3.63) is 35.2 Å². The number of nitrogens with one attached hydrogen (secondary N) is 2. The Labute approximate surface area is 182 Å². The number of anilines is 1. The van der Waals surface area contributed by atoms with Gasteiger partial charge in [-0.15, -0.1) is 10.2 Å². The highest BCUT2D eigenvalue weighted by molar-refractivity contribution is 7.99. The summed E-state index contributed by atoms with van der Waals surface area (Å²) in [6.07, 6.45) is 4.79. The maximum atomic E-state index is 12.4. The summed E-state index contributed by atoms with van der Waals surface area (Å²) in [7, 11) is 1.82. The fraction of sp³-hybridized carbons (Fsp3) is 0.545. The second kappa shape index (κ2) is 10.1. The zero-order chi connectivity index (χ0) is 21.7. The van der Waals surface area contributed by atoms with Gasteiger partial charge in [0.1, 0.15) is 5.82 Å². The molecule has 0 bridgehead atoms. The smallest absolute Gasteiger partial charge is 0.232 e. The summed E-state index contributed by atoms with van der Waals surface area (Å²) < 4.78 is 1.78. The van der Waals surface area contributed by atoms with E-state index in [1.165, 1.54) is 36.6 Å². The first-order valence-corrected chi connectivity index (χ1v) is 11.5. The van der Waals surface area contributed by atoms with E-state index in [2.05, 4.69) is 27.8 Å². The topological polar surface area (TPSA) is 88.9 Å². The Morgan fingerprint density at radius 1 is 1.13 bits per heavy atom. The summed E-state index contributed by atoms with van der Waals surface area (Å²) in [5.74, 6) is 1.28. The molecule has 1 fully saturated rings. The molecule has 2 amide bonds. The van der Waals surface area contributed by atoms with Crippen LogP contribution in [-0.2, 0) is 23.1 Å². The van der Waals surface area contributed by atoms with E-state index in [-0.39, 0.29) is 24.3 Å². The lowest BCUT2D eigenvalue weighted by atomic mass is 9.86. The van der Waals surface area contributed by atoms with Crippen LogP contribution in [0.2, 0.25) is 0 Å². The van der Waals surface area contributed by atoms with E-state index >= 15 is 0 Å². The first kappa shape index (κ1) is 22.3. The van der Waals surface area contributed by atoms with Crippen molar-refractivity contribution in [2.24, 2.45) is 13.0 Å². The van der Waals surface area contributed by atoms with Gasteiger partial charge in [-0.05, 0) is 55.9 Å². The molecule has 1 aromatic heterocycles. The van der Waals surface area contributed by atoms with Crippen LogP contribution in [0.25, 0.3) is 0 Å². The van der Waals surface area contributed by atoms with E-state index < -0.39 is 0 Å². The molecule has 0 spiro atoms. The quantitative estimate of drug-likeness (QED) is 0.659. The monoisotopic (exact) mass is 429 g/mol. The lowest BCUT2D eigenvalue weighted by Gasteiger charge is -2.29. The third-order valence-electron chi connectivity index (χ3n) is 5.82. The average Bonchev–Trinajstić information content (AvgIpc) is 3.04. The van der Waals surface area contributed by atoms with Gasteiger partial charge in [-0.2, -0.15) is 0 Å². The number of hydrogen-bond acceptors (Lipinski definition) is 5. The number of benzene rings is 1. The van der Waals surface area contributed by atoms with Crippen LogP contribution in [0.5, 0.6) is 0 Å². The predicted octanol–water partition coefficient (Wildman–Crippen LogP) is 3.40. The molecule has 162 valence electrons. The number of amides is 2. The summed E-state index contributed by atoms with van der Waals surface area (Å²) in [5, 5.41) is 15.0. The van der Waals surface area contributed by atoms with Crippen molar-refractivity contribution in [2.45, 2.75) is 64.1 Å². The Kier molecular flexibility index (Phi) is 7.53. The van der Waals surface area contributed by atoms with Gasteiger partial charge in [0.05, 0.1) is 12.2 Å². The molecule has 1 aliphatic rings. The lowest BCUT2D eigenvalue weighted by molar-refractivity contribution is -0.120. The first-order valence-electron chi connectivity index (χ1n) is 10.5. The van der Waals surface area contributed by atoms with E-state index in [1.54, 1.807) is 4.57 Å². The average molecular weight is 430 g/mol. The number of rotatable bonds is 7. The fourth-order valence-corrected chi connectivity index (χ4v) is 4.44. The van der Waals surface area contributed by atoms with Gasteiger partial charge >= 0.3 is 0 Å². The number of thioether (sulfide) groups is 1. The van der Waals surface area contributed by atoms with Crippen molar-refractivity contribution in [3.8, 4) is 0 Å². The Morgan fingerprint density at radius 3 is 2.63 bits per heavy atom. The van der Waals surface area contributed by atoms with Crippen LogP contribution in [0.15, 0.2) is 23.4 Å². The Morgan fingerprint density at radius 2 is 1.90 bits per heavy atom. The molecule has 0 unspecified atom stereocenters. The predicted molar refractivity (Wildman–Crippen MR) is 120 cm³/mol. The van der Waals surface area contributed by atoms with Crippen LogP contribution >= 0.6 is 11.8 Å². The minimum absolute atomic E-state index is 0.0239. The molecule has 2 atom stereocenters. The van der Waals surface area contributed by atoms with Crippen molar-refractivity contribution in [2.75, 3.05) is 11.1 Å². The molecule has 1 heterocycles. The van der Waals surface area contributed by atoms with E-state index in [0.29, 0.717) is 22.7 Å². The third kappa shape index (κ3) is 5.84. The van der Waals surface area contributed by atoms with Gasteiger partial charge < -0.3 is 15.2 Å². The van der Waals surface area contributed by atoms with Crippen molar-refractivity contribution in [1.29, 1.82) is 0 Å². The van der Waals surface area contributed by atoms with Gasteiger partial charge in [-0.3, -0.25) is 9.59 Å². The molecule has 2 aromatic rings. The second-order valence-electron chi connectivity index (χ2n) is 8.21. The number of carbonyl (C=O) groups is 2. The normalized spacial score (nSPS) is 18.8. The van der Waals surface area contributed by atoms with Crippen LogP contribution in [0, 0.1) is 19.8 Å². The summed E-state index contributed by atoms with van der Waals surface area (Å²) in [4.78, 5) is 24.7. The van der Waals surface area contributed by atoms with Crippen molar-refractivity contribution < 1.29 is 9.59 Å². The van der Waals surface area contributed by atoms with E-state index in [0.717, 1.165) is 17.7 Å². The number of nitrogens with zero attached hydrogens (tertiary/aromatic N) is 3. The highest BCUT2D eigenvalue weighted by Gasteiger charge is 2.23. The summed E-state index contributed by atoms with van der Waals surface area (Å²) in [6, 6.07) is 6.11. The zero-order valence-electron chi connectivity index (χ0n) is 18.2. The number of aromatic nitrogens is 3. The van der Waals surface area contributed by atoms with Crippen LogP contribution in [0.4, 0.5) is 5.69 Å². The molecule has 3 rings (SSSR count). The summed E-state index contributed by atoms with van der Waals surface area (Å²) in [5.41, 5.74) is 3.09. The Hall–Kier alpha value is -2.35. The van der Waals surface area contributed by atoms with Gasteiger partial charge in [0.2, 0.25) is 11.8 Å². The Balaban J connectivity index is 1.50. The van der Waals surface area contributed by atoms with Gasteiger partial charge in [-0.25, -0.2) is 0 Å². The third-order valence-corrected chi connectivity index (χ3v) is 6.84. The molecule has 30 heavy (non-hydrogen) atoms. The van der Waals surface area contributed by atoms with Crippen molar-refractivity contribution in [3.63, 3.8) is 0 Å². The molecule has 0 radical (unpaired) electrons. The minimum Gasteiger partial charge on any atom is -0.352 e. The maximum Gasteiger partial charge on any atom is 0.232 e. The zero-order valence-corrected chi connectivity index (χ0v) is 19.0. The van der Waals surface area contributed by atoms with Crippen molar-refractivity contribution in [1.82, 2.24) is 20.1 Å². The van der Waals surface area contributed by atoms with Crippen molar-refractivity contribution >= 4 is 29.3 Å². The fourth-order valence-electron chi connectivity index (χ4n) is 3.70. The van der Waals surface area contributed by atoms with Gasteiger partial charge in [0.25, 0.3) is 0 Å². The molecule has 0 saturated heterocycles. The molecule has 7 nitrogen and oxygen atoms in total. The summed E-state index contributed by atoms with van der Waals surface area (Å²) in [6.45, 7) is 6.26. The summed E-state index contributed by atoms with van der Waals surface area (Å²) >= 11 is 1.35. The SMILES string of the molecule is Cc1ccc(NC(=O)Cc2nnc(SCC(=O)N[C@@H]3CCCC[C@@H]3C)n2C)cc1C. The molecule has 1 aliphatic carbocycles. The van der Waals surface area contributed by atoms with Gasteiger partial charge in [-0.1, -0.05) is 37.6 Å². The molecular weight excluding hydrogens is 398 g/mol. The molecule has 1 aromatic carbocycles. The maximum absolute atomic E-state index is 12.4. The van der Waals surface area contributed by atoms with Gasteiger partial charge in [0.15, 0.2) is 5.16 Å². The standard InChI is InChI=1S/C22H31N5O2S/c1-14-9-10-17(11-16(14)3)23-20(28)12-19-25-26-22(27(19)4)30-13-21(29)24-18-8-6-5-7-15(18)2/h9-11,15,18H,5-8,12-13H2,1-4H3,(H,23,28)(H,24,29)/t15-,18+/m0/s1. The molecule has 1 saturated carbocycles. The van der Waals surface area contributed by atoms with Gasteiger partial charge in [0, 0.05) is 18.8 Å². The molecule has 2 N–H and O–H groups in total. The van der Waals surface area contributed by atoms with Crippen LogP contribution < -0.4 is 10.6 Å². The number of hydrogen-bond donors (Lipinski definition) is 2. The lowest BCUT2D eigenvalue weighted by Crippen LogP contribution is -2.41. The molecule has 0 aliphatic heterocycles.